The third kappa shape index (κ3) is 4.79. The molecule has 0 atom stereocenters. The molecule has 8 heteroatoms. The fraction of sp³-hybridized carbons (Fsp3) is 0.400. The second-order valence-corrected chi connectivity index (χ2v) is 9.06. The van der Waals surface area contributed by atoms with Crippen molar-refractivity contribution >= 4 is 23.6 Å². The maximum Gasteiger partial charge on any atom is 0.261 e. The molecule has 0 bridgehead atoms. The Balaban J connectivity index is 1.33. The van der Waals surface area contributed by atoms with Crippen LogP contribution in [0.2, 0.25) is 0 Å². The number of nitrogens with one attached hydrogen (secondary N) is 1. The van der Waals surface area contributed by atoms with Crippen LogP contribution in [0.4, 0.5) is 0 Å². The fourth-order valence-corrected chi connectivity index (χ4v) is 4.31. The first-order valence-corrected chi connectivity index (χ1v) is 11.3. The lowest BCUT2D eigenvalue weighted by Gasteiger charge is -2.32. The Morgan fingerprint density at radius 2 is 1.79 bits per heavy atom. The van der Waals surface area contributed by atoms with Gasteiger partial charge in [0, 0.05) is 44.1 Å². The average molecular weight is 449 g/mol. The van der Waals surface area contributed by atoms with E-state index in [2.05, 4.69) is 10.3 Å². The van der Waals surface area contributed by atoms with Crippen LogP contribution in [0.5, 0.6) is 0 Å². The minimum Gasteiger partial charge on any atom is -0.352 e. The lowest BCUT2D eigenvalue weighted by molar-refractivity contribution is 0.0635. The maximum absolute atomic E-state index is 13.0. The molecule has 4 amide bonds. The minimum atomic E-state index is -0.332. The third-order valence-electron chi connectivity index (χ3n) is 6.14. The number of amides is 4. The number of hydrogen-bond donors (Lipinski definition) is 1. The summed E-state index contributed by atoms with van der Waals surface area (Å²) in [6.45, 7) is 5.97. The second-order valence-electron chi connectivity index (χ2n) is 9.06. The molecule has 1 N–H and O–H groups in total. The van der Waals surface area contributed by atoms with Gasteiger partial charge in [-0.3, -0.25) is 29.1 Å². The molecule has 172 valence electrons. The first kappa shape index (κ1) is 22.6. The highest BCUT2D eigenvalue weighted by Gasteiger charge is 2.36. The van der Waals surface area contributed by atoms with Gasteiger partial charge in [0.15, 0.2) is 0 Å². The molecule has 0 radical (unpaired) electrons. The second kappa shape index (κ2) is 9.52. The van der Waals surface area contributed by atoms with Crippen LogP contribution in [-0.2, 0) is 0 Å². The molecule has 3 heterocycles. The SMILES string of the molecule is CC(C)CN1C(=O)c2ccc(C(=O)N3CCC(CNC(=O)c4cccnc4)CC3)cc2C1=O. The highest BCUT2D eigenvalue weighted by atomic mass is 16.2. The molecule has 1 aromatic carbocycles. The van der Waals surface area contributed by atoms with Gasteiger partial charge in [0.1, 0.15) is 0 Å². The summed E-state index contributed by atoms with van der Waals surface area (Å²) in [6, 6.07) is 8.22. The van der Waals surface area contributed by atoms with Crippen LogP contribution in [0.3, 0.4) is 0 Å². The van der Waals surface area contributed by atoms with Gasteiger partial charge in [0.2, 0.25) is 0 Å². The van der Waals surface area contributed by atoms with E-state index in [1.54, 1.807) is 41.4 Å². The first-order valence-electron chi connectivity index (χ1n) is 11.3. The van der Waals surface area contributed by atoms with Crippen LogP contribution < -0.4 is 5.32 Å². The summed E-state index contributed by atoms with van der Waals surface area (Å²) in [5, 5.41) is 2.94. The largest absolute Gasteiger partial charge is 0.352 e. The Hall–Kier alpha value is -3.55. The molecule has 8 nitrogen and oxygen atoms in total. The van der Waals surface area contributed by atoms with Crippen molar-refractivity contribution in [2.24, 2.45) is 11.8 Å². The first-order chi connectivity index (χ1) is 15.8. The number of pyridine rings is 1. The number of carbonyl (C=O) groups excluding carboxylic acids is 4. The number of nitrogens with zero attached hydrogens (tertiary/aromatic N) is 3. The molecule has 4 rings (SSSR count). The van der Waals surface area contributed by atoms with E-state index < -0.39 is 0 Å². The smallest absolute Gasteiger partial charge is 0.261 e. The Labute approximate surface area is 193 Å². The van der Waals surface area contributed by atoms with Crippen LogP contribution in [-0.4, -0.2) is 64.6 Å². The number of rotatable bonds is 6. The zero-order valence-electron chi connectivity index (χ0n) is 18.9. The van der Waals surface area contributed by atoms with Crippen LogP contribution in [0.25, 0.3) is 0 Å². The third-order valence-corrected chi connectivity index (χ3v) is 6.14. The van der Waals surface area contributed by atoms with E-state index in [1.165, 1.54) is 11.1 Å². The molecule has 1 fully saturated rings. The summed E-state index contributed by atoms with van der Waals surface area (Å²) in [4.78, 5) is 57.5. The van der Waals surface area contributed by atoms with Gasteiger partial charge in [-0.15, -0.1) is 0 Å². The summed E-state index contributed by atoms with van der Waals surface area (Å²) in [5.74, 6) is -0.454. The number of fused-ring (bicyclic) bond motifs is 1. The van der Waals surface area contributed by atoms with Gasteiger partial charge in [-0.2, -0.15) is 0 Å². The molecule has 0 unspecified atom stereocenters. The molecule has 0 spiro atoms. The number of piperidine rings is 1. The van der Waals surface area contributed by atoms with E-state index in [1.807, 2.05) is 13.8 Å². The van der Waals surface area contributed by atoms with Gasteiger partial charge in [-0.1, -0.05) is 13.8 Å². The summed E-state index contributed by atoms with van der Waals surface area (Å²) >= 11 is 0. The molecule has 2 aliphatic heterocycles. The number of imide groups is 1. The Kier molecular flexibility index (Phi) is 6.53. The summed E-state index contributed by atoms with van der Waals surface area (Å²) < 4.78 is 0. The van der Waals surface area contributed by atoms with E-state index in [0.29, 0.717) is 54.4 Å². The van der Waals surface area contributed by atoms with E-state index in [9.17, 15) is 19.2 Å². The highest BCUT2D eigenvalue weighted by Crippen LogP contribution is 2.26. The van der Waals surface area contributed by atoms with Gasteiger partial charge in [-0.25, -0.2) is 0 Å². The van der Waals surface area contributed by atoms with Crippen molar-refractivity contribution in [1.29, 1.82) is 0 Å². The zero-order valence-corrected chi connectivity index (χ0v) is 18.9. The zero-order chi connectivity index (χ0) is 23.5. The molecule has 2 aromatic rings. The number of benzene rings is 1. The molecule has 0 aliphatic carbocycles. The van der Waals surface area contributed by atoms with Crippen LogP contribution >= 0.6 is 0 Å². The Bertz CT molecular complexity index is 1080. The number of carbonyl (C=O) groups is 4. The van der Waals surface area contributed by atoms with Crippen molar-refractivity contribution in [3.63, 3.8) is 0 Å². The van der Waals surface area contributed by atoms with Crippen LogP contribution in [0, 0.1) is 11.8 Å². The van der Waals surface area contributed by atoms with Gasteiger partial charge in [-0.05, 0) is 55.0 Å². The minimum absolute atomic E-state index is 0.141. The van der Waals surface area contributed by atoms with Crippen molar-refractivity contribution in [2.45, 2.75) is 26.7 Å². The van der Waals surface area contributed by atoms with Gasteiger partial charge in [0.05, 0.1) is 16.7 Å². The van der Waals surface area contributed by atoms with E-state index in [0.717, 1.165) is 12.8 Å². The van der Waals surface area contributed by atoms with Crippen LogP contribution in [0.15, 0.2) is 42.7 Å². The van der Waals surface area contributed by atoms with Crippen LogP contribution in [0.1, 0.15) is 68.1 Å². The van der Waals surface area contributed by atoms with E-state index >= 15 is 0 Å². The Morgan fingerprint density at radius 1 is 1.06 bits per heavy atom. The van der Waals surface area contributed by atoms with Gasteiger partial charge in [0.25, 0.3) is 23.6 Å². The Morgan fingerprint density at radius 3 is 2.45 bits per heavy atom. The lowest BCUT2D eigenvalue weighted by Crippen LogP contribution is -2.41. The molecule has 2 aliphatic rings. The maximum atomic E-state index is 13.0. The van der Waals surface area contributed by atoms with Crippen molar-refractivity contribution < 1.29 is 19.2 Å². The van der Waals surface area contributed by atoms with Gasteiger partial charge < -0.3 is 10.2 Å². The molecular weight excluding hydrogens is 420 g/mol. The topological polar surface area (TPSA) is 99.7 Å². The quantitative estimate of drug-likeness (QED) is 0.685. The van der Waals surface area contributed by atoms with Crippen molar-refractivity contribution in [3.05, 3.63) is 65.0 Å². The van der Waals surface area contributed by atoms with Gasteiger partial charge >= 0.3 is 0 Å². The standard InChI is InChI=1S/C25H28N4O4/c1-16(2)15-29-24(32)20-6-5-18(12-21(20)25(29)33)23(31)28-10-7-17(8-11-28)13-27-22(30)19-4-3-9-26-14-19/h3-6,9,12,14,16-17H,7-8,10-11,13,15H2,1-2H3,(H,27,30). The molecule has 0 saturated carbocycles. The fourth-order valence-electron chi connectivity index (χ4n) is 4.31. The highest BCUT2D eigenvalue weighted by molar-refractivity contribution is 6.22. The molecule has 1 saturated heterocycles. The monoisotopic (exact) mass is 448 g/mol. The molecule has 1 aromatic heterocycles. The molecular formula is C25H28N4O4. The summed E-state index contributed by atoms with van der Waals surface area (Å²) in [7, 11) is 0. The van der Waals surface area contributed by atoms with Crippen molar-refractivity contribution in [1.82, 2.24) is 20.1 Å². The average Bonchev–Trinajstić information content (AvgIpc) is 3.07. The summed E-state index contributed by atoms with van der Waals surface area (Å²) in [5.41, 5.74) is 1.62. The van der Waals surface area contributed by atoms with E-state index in [-0.39, 0.29) is 29.5 Å². The number of aromatic nitrogens is 1. The predicted octanol–water partition coefficient (Wildman–Crippen LogP) is 2.62. The predicted molar refractivity (Wildman–Crippen MR) is 122 cm³/mol. The summed E-state index contributed by atoms with van der Waals surface area (Å²) in [6.07, 6.45) is 4.72. The van der Waals surface area contributed by atoms with Crippen molar-refractivity contribution in [3.8, 4) is 0 Å². The number of hydrogen-bond acceptors (Lipinski definition) is 5. The number of likely N-dealkylation sites (tertiary alicyclic amines) is 1. The lowest BCUT2D eigenvalue weighted by atomic mass is 9.95. The van der Waals surface area contributed by atoms with Crippen molar-refractivity contribution in [2.75, 3.05) is 26.2 Å². The van der Waals surface area contributed by atoms with E-state index in [4.69, 9.17) is 0 Å². The normalized spacial score (nSPS) is 16.3. The molecule has 33 heavy (non-hydrogen) atoms.